The molecule has 3 rings (SSSR count). The van der Waals surface area contributed by atoms with E-state index in [1.807, 2.05) is 0 Å². The summed E-state index contributed by atoms with van der Waals surface area (Å²) >= 11 is 0. The van der Waals surface area contributed by atoms with Crippen molar-refractivity contribution >= 4 is 28.9 Å². The fourth-order valence-corrected chi connectivity index (χ4v) is 2.83. The summed E-state index contributed by atoms with van der Waals surface area (Å²) in [6.45, 7) is -3.05. The van der Waals surface area contributed by atoms with Crippen LogP contribution in [0, 0.1) is 0 Å². The van der Waals surface area contributed by atoms with Crippen LogP contribution in [-0.4, -0.2) is 37.3 Å². The predicted molar refractivity (Wildman–Crippen MR) is 102 cm³/mol. The van der Waals surface area contributed by atoms with Gasteiger partial charge in [0.15, 0.2) is 11.5 Å². The molecule has 1 aliphatic heterocycles. The quantitative estimate of drug-likeness (QED) is 0.737. The number of halogens is 2. The summed E-state index contributed by atoms with van der Waals surface area (Å²) in [6, 6.07) is 12.0. The van der Waals surface area contributed by atoms with E-state index in [4.69, 9.17) is 10.5 Å². The van der Waals surface area contributed by atoms with E-state index in [1.54, 1.807) is 30.3 Å². The fraction of sp³-hybridized carbons (Fsp3) is 0.211. The third-order valence-electron chi connectivity index (χ3n) is 4.16. The van der Waals surface area contributed by atoms with Crippen molar-refractivity contribution in [2.45, 2.75) is 19.1 Å². The molecule has 0 saturated carbocycles. The molecule has 8 nitrogen and oxygen atoms in total. The van der Waals surface area contributed by atoms with Gasteiger partial charge in [0.25, 0.3) is 5.91 Å². The lowest BCUT2D eigenvalue weighted by molar-refractivity contribution is -0.119. The van der Waals surface area contributed by atoms with Crippen LogP contribution in [0.15, 0.2) is 53.6 Å². The van der Waals surface area contributed by atoms with Gasteiger partial charge >= 0.3 is 6.61 Å². The molecule has 1 atom stereocenters. The number of amides is 2. The summed E-state index contributed by atoms with van der Waals surface area (Å²) in [5, 5.41) is 8.16. The maximum atomic E-state index is 12.6. The van der Waals surface area contributed by atoms with E-state index in [1.165, 1.54) is 30.3 Å². The van der Waals surface area contributed by atoms with Crippen molar-refractivity contribution in [2.24, 2.45) is 10.8 Å². The molecule has 0 unspecified atom stereocenters. The molecule has 0 radical (unpaired) electrons. The summed E-state index contributed by atoms with van der Waals surface area (Å²) in [7, 11) is 1.31. The number of nitrogens with two attached hydrogens (primary N) is 1. The molecule has 2 aromatic rings. The first kappa shape index (κ1) is 20.1. The molecular formula is C19H18F2N4O4. The lowest BCUT2D eigenvalue weighted by Gasteiger charge is -2.20. The summed E-state index contributed by atoms with van der Waals surface area (Å²) in [5.74, 6) is -1.36. The average Bonchev–Trinajstić information content (AvgIpc) is 3.14. The first-order valence-electron chi connectivity index (χ1n) is 8.54. The second-order valence-electron chi connectivity index (χ2n) is 6.05. The molecule has 0 fully saturated rings. The van der Waals surface area contributed by atoms with Crippen molar-refractivity contribution in [3.05, 3.63) is 48.5 Å². The molecule has 0 saturated heterocycles. The van der Waals surface area contributed by atoms with E-state index in [-0.39, 0.29) is 29.3 Å². The van der Waals surface area contributed by atoms with Crippen LogP contribution in [0.4, 0.5) is 20.2 Å². The van der Waals surface area contributed by atoms with Gasteiger partial charge in [-0.1, -0.05) is 18.2 Å². The van der Waals surface area contributed by atoms with Crippen LogP contribution in [0.2, 0.25) is 0 Å². The van der Waals surface area contributed by atoms with Gasteiger partial charge in [0.2, 0.25) is 5.91 Å². The first-order valence-corrected chi connectivity index (χ1v) is 8.54. The van der Waals surface area contributed by atoms with Crippen molar-refractivity contribution in [2.75, 3.05) is 17.4 Å². The maximum Gasteiger partial charge on any atom is 0.387 e. The Labute approximate surface area is 164 Å². The van der Waals surface area contributed by atoms with Crippen LogP contribution in [0.25, 0.3) is 0 Å². The molecule has 3 N–H and O–H groups in total. The Morgan fingerprint density at radius 2 is 1.93 bits per heavy atom. The van der Waals surface area contributed by atoms with Gasteiger partial charge < -0.3 is 20.5 Å². The van der Waals surface area contributed by atoms with Crippen molar-refractivity contribution in [1.29, 1.82) is 0 Å². The van der Waals surface area contributed by atoms with Gasteiger partial charge in [0, 0.05) is 18.2 Å². The lowest BCUT2D eigenvalue weighted by atomic mass is 10.1. The van der Waals surface area contributed by atoms with Gasteiger partial charge in [0.05, 0.1) is 12.8 Å². The number of carbonyl (C=O) groups is 2. The zero-order valence-electron chi connectivity index (χ0n) is 15.3. The number of primary amides is 1. The molecule has 152 valence electrons. The van der Waals surface area contributed by atoms with Gasteiger partial charge in [-0.05, 0) is 24.3 Å². The number of nitrogens with one attached hydrogen (secondary N) is 1. The number of alkyl halides is 2. The summed E-state index contributed by atoms with van der Waals surface area (Å²) in [4.78, 5) is 24.4. The Bertz CT molecular complexity index is 937. The molecule has 1 aliphatic rings. The Kier molecular flexibility index (Phi) is 5.91. The van der Waals surface area contributed by atoms with Crippen LogP contribution >= 0.6 is 0 Å². The van der Waals surface area contributed by atoms with Crippen LogP contribution in [0.1, 0.15) is 6.42 Å². The predicted octanol–water partition coefficient (Wildman–Crippen LogP) is 2.36. The van der Waals surface area contributed by atoms with Gasteiger partial charge in [0.1, 0.15) is 11.8 Å². The van der Waals surface area contributed by atoms with E-state index in [0.717, 1.165) is 0 Å². The second-order valence-corrected chi connectivity index (χ2v) is 6.05. The smallest absolute Gasteiger partial charge is 0.387 e. The van der Waals surface area contributed by atoms with Crippen LogP contribution in [-0.2, 0) is 9.59 Å². The number of anilines is 2. The zero-order valence-corrected chi connectivity index (χ0v) is 15.3. The number of hydrazone groups is 1. The van der Waals surface area contributed by atoms with Gasteiger partial charge in [-0.2, -0.15) is 13.9 Å². The minimum absolute atomic E-state index is 0.00655. The van der Waals surface area contributed by atoms with E-state index < -0.39 is 24.5 Å². The highest BCUT2D eigenvalue weighted by atomic mass is 19.3. The molecule has 29 heavy (non-hydrogen) atoms. The fourth-order valence-electron chi connectivity index (χ4n) is 2.83. The molecule has 0 bridgehead atoms. The number of rotatable bonds is 7. The van der Waals surface area contributed by atoms with E-state index in [0.29, 0.717) is 5.69 Å². The van der Waals surface area contributed by atoms with E-state index in [9.17, 15) is 18.4 Å². The normalized spacial score (nSPS) is 15.8. The largest absolute Gasteiger partial charge is 0.493 e. The highest BCUT2D eigenvalue weighted by Crippen LogP contribution is 2.32. The number of hydrogen-bond acceptors (Lipinski definition) is 6. The van der Waals surface area contributed by atoms with Crippen molar-refractivity contribution in [3.8, 4) is 11.5 Å². The van der Waals surface area contributed by atoms with E-state index in [2.05, 4.69) is 15.2 Å². The number of ether oxygens (including phenoxy) is 2. The molecule has 2 aromatic carbocycles. The van der Waals surface area contributed by atoms with Crippen LogP contribution in [0.5, 0.6) is 11.5 Å². The Hall–Kier alpha value is -3.69. The number of hydrogen-bond donors (Lipinski definition) is 2. The third kappa shape index (κ3) is 4.60. The molecule has 10 heteroatoms. The lowest BCUT2D eigenvalue weighted by Crippen LogP contribution is -2.39. The Morgan fingerprint density at radius 1 is 1.21 bits per heavy atom. The highest BCUT2D eigenvalue weighted by molar-refractivity contribution is 6.44. The van der Waals surface area contributed by atoms with Gasteiger partial charge in [-0.15, -0.1) is 0 Å². The molecule has 0 aromatic heterocycles. The first-order chi connectivity index (χ1) is 13.9. The molecule has 0 aliphatic carbocycles. The Morgan fingerprint density at radius 3 is 2.55 bits per heavy atom. The number of nitrogens with zero attached hydrogens (tertiary/aromatic N) is 2. The number of carbonyl (C=O) groups excluding carboxylic acids is 2. The van der Waals surface area contributed by atoms with Gasteiger partial charge in [-0.3, -0.25) is 14.6 Å². The minimum atomic E-state index is -3.05. The minimum Gasteiger partial charge on any atom is -0.493 e. The maximum absolute atomic E-state index is 12.6. The third-order valence-corrected chi connectivity index (χ3v) is 4.16. The summed E-state index contributed by atoms with van der Waals surface area (Å²) in [5.41, 5.74) is 6.33. The molecule has 0 spiro atoms. The number of para-hydroxylation sites is 1. The zero-order chi connectivity index (χ0) is 21.0. The number of benzene rings is 2. The monoisotopic (exact) mass is 404 g/mol. The van der Waals surface area contributed by atoms with Crippen molar-refractivity contribution in [1.82, 2.24) is 0 Å². The molecule has 1 heterocycles. The van der Waals surface area contributed by atoms with Crippen molar-refractivity contribution < 1.29 is 27.8 Å². The van der Waals surface area contributed by atoms with E-state index >= 15 is 0 Å². The topological polar surface area (TPSA) is 106 Å². The summed E-state index contributed by atoms with van der Waals surface area (Å²) < 4.78 is 34.5. The summed E-state index contributed by atoms with van der Waals surface area (Å²) in [6.07, 6.45) is 0.00655. The average molecular weight is 404 g/mol. The molecular weight excluding hydrogens is 386 g/mol. The highest BCUT2D eigenvalue weighted by Gasteiger charge is 2.35. The van der Waals surface area contributed by atoms with Gasteiger partial charge in [-0.25, -0.2) is 0 Å². The standard InChI is InChI=1S/C19H18F2N4O4/c1-28-15-8-7-11(9-16(15)29-19(20)21)23-18(27)13-10-14(17(22)26)25(24-13)12-5-3-2-4-6-12/h2-9,14,19H,10H2,1H3,(H2,22,26)(H,23,27)/t14-/m1/s1. The Balaban J connectivity index is 1.81. The van der Waals surface area contributed by atoms with Crippen LogP contribution in [0.3, 0.4) is 0 Å². The second kappa shape index (κ2) is 8.55. The number of methoxy groups -OCH3 is 1. The molecule has 2 amide bonds. The van der Waals surface area contributed by atoms with Crippen LogP contribution < -0.4 is 25.5 Å². The SMILES string of the molecule is COc1ccc(NC(=O)C2=NN(c3ccccc3)[C@@H](C(N)=O)C2)cc1OC(F)F. The van der Waals surface area contributed by atoms with Crippen molar-refractivity contribution in [3.63, 3.8) is 0 Å².